The van der Waals surface area contributed by atoms with E-state index in [1.165, 1.54) is 0 Å². The third-order valence-corrected chi connectivity index (χ3v) is 1.93. The maximum atomic E-state index is 12.9. The molecule has 0 aliphatic carbocycles. The summed E-state index contributed by atoms with van der Waals surface area (Å²) < 4.78 is 36.7. The lowest BCUT2D eigenvalue weighted by molar-refractivity contribution is 0.0689. The first kappa shape index (κ1) is 11.0. The summed E-state index contributed by atoms with van der Waals surface area (Å²) in [6.45, 7) is 0. The van der Waals surface area contributed by atoms with E-state index >= 15 is 0 Å². The van der Waals surface area contributed by atoms with Gasteiger partial charge in [-0.2, -0.15) is 0 Å². The van der Waals surface area contributed by atoms with Gasteiger partial charge in [-0.1, -0.05) is 0 Å². The van der Waals surface area contributed by atoms with Gasteiger partial charge in [0.15, 0.2) is 5.82 Å². The minimum atomic E-state index is -3.08. The largest absolute Gasteiger partial charge is 0.477 e. The number of carbonyl (C=O) groups is 1. The Bertz CT molecular complexity index is 383. The van der Waals surface area contributed by atoms with Crippen LogP contribution in [0.5, 0.6) is 0 Å². The van der Waals surface area contributed by atoms with Gasteiger partial charge in [0.1, 0.15) is 10.3 Å². The molecule has 0 amide bonds. The van der Waals surface area contributed by atoms with E-state index in [-0.39, 0.29) is 0 Å². The number of rotatable bonds is 2. The summed E-state index contributed by atoms with van der Waals surface area (Å²) in [5, 5.41) is 8.46. The van der Waals surface area contributed by atoms with Gasteiger partial charge in [0.05, 0.1) is 5.56 Å². The zero-order chi connectivity index (χ0) is 10.9. The lowest BCUT2D eigenvalue weighted by atomic mass is 10.2. The molecule has 1 aromatic heterocycles. The van der Waals surface area contributed by atoms with Crippen molar-refractivity contribution in [3.05, 3.63) is 27.7 Å². The fourth-order valence-electron chi connectivity index (χ4n) is 0.785. The van der Waals surface area contributed by atoms with Crippen molar-refractivity contribution in [2.45, 2.75) is 6.43 Å². The van der Waals surface area contributed by atoms with Crippen molar-refractivity contribution in [3.63, 3.8) is 0 Å². The predicted molar refractivity (Wildman–Crippen MR) is 43.8 cm³/mol. The average Bonchev–Trinajstić information content (AvgIpc) is 2.08. The second-order valence-electron chi connectivity index (χ2n) is 2.31. The van der Waals surface area contributed by atoms with E-state index in [9.17, 15) is 18.0 Å². The van der Waals surface area contributed by atoms with Gasteiger partial charge in [-0.05, 0) is 22.0 Å². The van der Waals surface area contributed by atoms with Gasteiger partial charge in [0, 0.05) is 0 Å². The molecule has 0 saturated heterocycles. The Balaban J connectivity index is 3.35. The number of hydrogen-bond acceptors (Lipinski definition) is 2. The fourth-order valence-corrected chi connectivity index (χ4v) is 1.21. The summed E-state index contributed by atoms with van der Waals surface area (Å²) in [5.74, 6) is -2.74. The first-order valence-corrected chi connectivity index (χ1v) is 4.10. The van der Waals surface area contributed by atoms with Crippen molar-refractivity contribution in [2.24, 2.45) is 0 Å². The SMILES string of the molecule is O=C(O)c1cc(C(F)F)c(F)c(Br)n1. The normalized spacial score (nSPS) is 10.6. The van der Waals surface area contributed by atoms with E-state index < -0.39 is 34.1 Å². The Labute approximate surface area is 84.7 Å². The lowest BCUT2D eigenvalue weighted by Gasteiger charge is -2.04. The number of alkyl halides is 2. The Morgan fingerprint density at radius 2 is 2.14 bits per heavy atom. The van der Waals surface area contributed by atoms with Crippen molar-refractivity contribution in [1.29, 1.82) is 0 Å². The van der Waals surface area contributed by atoms with Crippen LogP contribution in [0, 0.1) is 5.82 Å². The quantitative estimate of drug-likeness (QED) is 0.840. The molecule has 3 nitrogen and oxygen atoms in total. The summed E-state index contributed by atoms with van der Waals surface area (Å²) in [7, 11) is 0. The fraction of sp³-hybridized carbons (Fsp3) is 0.143. The molecule has 76 valence electrons. The molecule has 1 rings (SSSR count). The molecule has 0 atom stereocenters. The van der Waals surface area contributed by atoms with E-state index in [2.05, 4.69) is 20.9 Å². The second-order valence-corrected chi connectivity index (χ2v) is 3.06. The number of nitrogens with zero attached hydrogens (tertiary/aromatic N) is 1. The van der Waals surface area contributed by atoms with Crippen LogP contribution in [-0.4, -0.2) is 16.1 Å². The van der Waals surface area contributed by atoms with Gasteiger partial charge >= 0.3 is 5.97 Å². The molecule has 1 aromatic rings. The highest BCUT2D eigenvalue weighted by Crippen LogP contribution is 2.26. The Morgan fingerprint density at radius 3 is 2.57 bits per heavy atom. The molecule has 1 N–H and O–H groups in total. The molecule has 0 radical (unpaired) electrons. The smallest absolute Gasteiger partial charge is 0.354 e. The van der Waals surface area contributed by atoms with Crippen LogP contribution < -0.4 is 0 Å². The third-order valence-electron chi connectivity index (χ3n) is 1.40. The van der Waals surface area contributed by atoms with Gasteiger partial charge in [0.2, 0.25) is 0 Å². The van der Waals surface area contributed by atoms with Gasteiger partial charge in [-0.15, -0.1) is 0 Å². The zero-order valence-corrected chi connectivity index (χ0v) is 8.06. The summed E-state index contributed by atoms with van der Waals surface area (Å²) in [6.07, 6.45) is -3.08. The number of carboxylic acids is 1. The molecule has 0 aliphatic rings. The Kier molecular flexibility index (Phi) is 3.10. The minimum Gasteiger partial charge on any atom is -0.477 e. The van der Waals surface area contributed by atoms with Crippen molar-refractivity contribution in [2.75, 3.05) is 0 Å². The molecular formula is C7H3BrF3NO2. The van der Waals surface area contributed by atoms with Crippen LogP contribution in [0.1, 0.15) is 22.5 Å². The van der Waals surface area contributed by atoms with Crippen LogP contribution in [0.25, 0.3) is 0 Å². The first-order valence-electron chi connectivity index (χ1n) is 3.31. The monoisotopic (exact) mass is 269 g/mol. The van der Waals surface area contributed by atoms with Crippen molar-refractivity contribution < 1.29 is 23.1 Å². The molecular weight excluding hydrogens is 267 g/mol. The minimum absolute atomic E-state index is 0.507. The van der Waals surface area contributed by atoms with E-state index in [1.807, 2.05) is 0 Å². The van der Waals surface area contributed by atoms with Crippen molar-refractivity contribution in [3.8, 4) is 0 Å². The van der Waals surface area contributed by atoms with E-state index in [0.29, 0.717) is 6.07 Å². The highest BCUT2D eigenvalue weighted by molar-refractivity contribution is 9.10. The van der Waals surface area contributed by atoms with E-state index in [4.69, 9.17) is 5.11 Å². The molecule has 0 aliphatic heterocycles. The topological polar surface area (TPSA) is 50.2 Å². The molecule has 0 unspecified atom stereocenters. The van der Waals surface area contributed by atoms with Gasteiger partial charge < -0.3 is 5.11 Å². The van der Waals surface area contributed by atoms with Crippen molar-refractivity contribution >= 4 is 21.9 Å². The lowest BCUT2D eigenvalue weighted by Crippen LogP contribution is -2.05. The van der Waals surface area contributed by atoms with Crippen LogP contribution in [0.15, 0.2) is 10.7 Å². The van der Waals surface area contributed by atoms with Crippen LogP contribution in [0.4, 0.5) is 13.2 Å². The summed E-state index contributed by atoms with van der Waals surface area (Å²) >= 11 is 2.55. The van der Waals surface area contributed by atoms with Crippen LogP contribution in [0.2, 0.25) is 0 Å². The molecule has 0 saturated carbocycles. The maximum absolute atomic E-state index is 12.9. The third kappa shape index (κ3) is 2.03. The van der Waals surface area contributed by atoms with Crippen LogP contribution in [0.3, 0.4) is 0 Å². The van der Waals surface area contributed by atoms with Crippen LogP contribution >= 0.6 is 15.9 Å². The number of aromatic nitrogens is 1. The van der Waals surface area contributed by atoms with Crippen LogP contribution in [-0.2, 0) is 0 Å². The number of aromatic carboxylic acids is 1. The second kappa shape index (κ2) is 3.95. The highest BCUT2D eigenvalue weighted by atomic mass is 79.9. The molecule has 0 fully saturated rings. The number of halogens is 4. The first-order chi connectivity index (χ1) is 6.43. The standard InChI is InChI=1S/C7H3BrF3NO2/c8-5-4(9)2(6(10)11)1-3(12-5)7(13)14/h1,6H,(H,13,14). The summed E-state index contributed by atoms with van der Waals surface area (Å²) in [6, 6.07) is 0.507. The number of pyridine rings is 1. The summed E-state index contributed by atoms with van der Waals surface area (Å²) in [5.41, 5.74) is -1.61. The maximum Gasteiger partial charge on any atom is 0.354 e. The van der Waals surface area contributed by atoms with Gasteiger partial charge in [-0.3, -0.25) is 0 Å². The van der Waals surface area contributed by atoms with Gasteiger partial charge in [-0.25, -0.2) is 22.9 Å². The molecule has 1 heterocycles. The van der Waals surface area contributed by atoms with E-state index in [0.717, 1.165) is 0 Å². The average molecular weight is 270 g/mol. The van der Waals surface area contributed by atoms with Crippen molar-refractivity contribution in [1.82, 2.24) is 4.98 Å². The Hall–Kier alpha value is -1.11. The zero-order valence-electron chi connectivity index (χ0n) is 6.47. The number of carboxylic acid groups (broad SMARTS) is 1. The molecule has 0 aromatic carbocycles. The molecule has 7 heteroatoms. The van der Waals surface area contributed by atoms with E-state index in [1.54, 1.807) is 0 Å². The predicted octanol–water partition coefficient (Wildman–Crippen LogP) is 2.62. The summed E-state index contributed by atoms with van der Waals surface area (Å²) in [4.78, 5) is 13.6. The molecule has 0 bridgehead atoms. The molecule has 14 heavy (non-hydrogen) atoms. The highest BCUT2D eigenvalue weighted by Gasteiger charge is 2.20. The molecule has 0 spiro atoms. The van der Waals surface area contributed by atoms with Gasteiger partial charge in [0.25, 0.3) is 6.43 Å². The Morgan fingerprint density at radius 1 is 1.57 bits per heavy atom. The number of hydrogen-bond donors (Lipinski definition) is 1.